The molecule has 1 aromatic heterocycles. The van der Waals surface area contributed by atoms with E-state index in [9.17, 15) is 8.42 Å². The van der Waals surface area contributed by atoms with Crippen LogP contribution in [0.4, 0.5) is 0 Å². The molecule has 1 aliphatic rings. The Bertz CT molecular complexity index is 550. The van der Waals surface area contributed by atoms with Gasteiger partial charge in [-0.1, -0.05) is 13.8 Å². The number of thiophene rings is 1. The normalized spacial score (nSPS) is 17.3. The van der Waals surface area contributed by atoms with Gasteiger partial charge in [-0.15, -0.1) is 11.3 Å². The summed E-state index contributed by atoms with van der Waals surface area (Å²) in [7, 11) is -3.34. The fraction of sp³-hybridized carbons (Fsp3) is 0.733. The average Bonchev–Trinajstić information content (AvgIpc) is 3.14. The van der Waals surface area contributed by atoms with Gasteiger partial charge in [0, 0.05) is 30.1 Å². The molecular weight excluding hydrogens is 304 g/mol. The summed E-state index contributed by atoms with van der Waals surface area (Å²) in [5.41, 5.74) is 0. The van der Waals surface area contributed by atoms with Crippen LogP contribution in [-0.2, 0) is 16.4 Å². The fourth-order valence-electron chi connectivity index (χ4n) is 2.36. The quantitative estimate of drug-likeness (QED) is 0.757. The minimum atomic E-state index is -3.34. The van der Waals surface area contributed by atoms with Gasteiger partial charge in [-0.3, -0.25) is 0 Å². The van der Waals surface area contributed by atoms with Crippen LogP contribution in [0, 0.1) is 0 Å². The van der Waals surface area contributed by atoms with E-state index in [0.717, 1.165) is 24.3 Å². The molecule has 0 radical (unpaired) electrons. The van der Waals surface area contributed by atoms with Crippen LogP contribution in [0.1, 0.15) is 44.9 Å². The van der Waals surface area contributed by atoms with E-state index in [2.05, 4.69) is 5.32 Å². The first-order valence-corrected chi connectivity index (χ1v) is 10.1. The summed E-state index contributed by atoms with van der Waals surface area (Å²) in [5, 5.41) is 3.46. The van der Waals surface area contributed by atoms with E-state index in [1.165, 1.54) is 24.2 Å². The first-order valence-electron chi connectivity index (χ1n) is 7.83. The molecule has 21 heavy (non-hydrogen) atoms. The summed E-state index contributed by atoms with van der Waals surface area (Å²) in [6.07, 6.45) is 4.30. The highest BCUT2D eigenvalue weighted by molar-refractivity contribution is 7.91. The van der Waals surface area contributed by atoms with Crippen molar-refractivity contribution < 1.29 is 8.42 Å². The second-order valence-corrected chi connectivity index (χ2v) is 8.95. The van der Waals surface area contributed by atoms with Crippen molar-refractivity contribution in [2.45, 2.75) is 62.7 Å². The van der Waals surface area contributed by atoms with Crippen molar-refractivity contribution in [2.24, 2.45) is 0 Å². The Morgan fingerprint density at radius 3 is 2.67 bits per heavy atom. The number of hydrogen-bond acceptors (Lipinski definition) is 4. The standard InChI is InChI=1S/C15H26N2O2S2/c1-4-12(3)17(5-2)21(18,19)15-9-8-14(20-15)10-11-16-13-6-7-13/h8-9,12-13,16H,4-7,10-11H2,1-3H3. The van der Waals surface area contributed by atoms with Crippen molar-refractivity contribution in [3.8, 4) is 0 Å². The Balaban J connectivity index is 2.03. The summed E-state index contributed by atoms with van der Waals surface area (Å²) >= 11 is 1.41. The Labute approximate surface area is 132 Å². The Hall–Kier alpha value is -0.430. The second kappa shape index (κ2) is 7.22. The molecule has 0 saturated heterocycles. The van der Waals surface area contributed by atoms with Crippen LogP contribution in [0.2, 0.25) is 0 Å². The van der Waals surface area contributed by atoms with E-state index in [-0.39, 0.29) is 6.04 Å². The van der Waals surface area contributed by atoms with Crippen molar-refractivity contribution in [1.82, 2.24) is 9.62 Å². The zero-order valence-corrected chi connectivity index (χ0v) is 14.8. The Kier molecular flexibility index (Phi) is 5.82. The molecule has 1 fully saturated rings. The average molecular weight is 331 g/mol. The smallest absolute Gasteiger partial charge is 0.252 e. The van der Waals surface area contributed by atoms with E-state index in [0.29, 0.717) is 16.8 Å². The van der Waals surface area contributed by atoms with Crippen molar-refractivity contribution in [2.75, 3.05) is 13.1 Å². The van der Waals surface area contributed by atoms with E-state index >= 15 is 0 Å². The maximum Gasteiger partial charge on any atom is 0.252 e. The van der Waals surface area contributed by atoms with Crippen molar-refractivity contribution in [3.63, 3.8) is 0 Å². The predicted molar refractivity (Wildman–Crippen MR) is 88.4 cm³/mol. The lowest BCUT2D eigenvalue weighted by Crippen LogP contribution is -2.37. The monoisotopic (exact) mass is 330 g/mol. The molecule has 1 aliphatic carbocycles. The molecule has 6 heteroatoms. The summed E-state index contributed by atoms with van der Waals surface area (Å²) in [6.45, 7) is 7.35. The number of hydrogen-bond donors (Lipinski definition) is 1. The van der Waals surface area contributed by atoms with Crippen LogP contribution in [0.5, 0.6) is 0 Å². The molecule has 0 amide bonds. The van der Waals surface area contributed by atoms with E-state index in [1.54, 1.807) is 10.4 Å². The van der Waals surface area contributed by atoms with Crippen LogP contribution in [-0.4, -0.2) is 37.9 Å². The summed E-state index contributed by atoms with van der Waals surface area (Å²) in [5.74, 6) is 0. The summed E-state index contributed by atoms with van der Waals surface area (Å²) < 4.78 is 27.5. The summed E-state index contributed by atoms with van der Waals surface area (Å²) in [4.78, 5) is 1.14. The number of nitrogens with zero attached hydrogens (tertiary/aromatic N) is 1. The van der Waals surface area contributed by atoms with Crippen LogP contribution < -0.4 is 5.32 Å². The van der Waals surface area contributed by atoms with Crippen LogP contribution >= 0.6 is 11.3 Å². The predicted octanol–water partition coefficient (Wildman–Crippen LogP) is 2.85. The van der Waals surface area contributed by atoms with Gasteiger partial charge in [0.15, 0.2) is 0 Å². The van der Waals surface area contributed by atoms with Gasteiger partial charge in [-0.25, -0.2) is 8.42 Å². The molecule has 1 saturated carbocycles. The van der Waals surface area contributed by atoms with Crippen molar-refractivity contribution in [3.05, 3.63) is 17.0 Å². The number of rotatable bonds is 9. The fourth-order valence-corrected chi connectivity index (χ4v) is 5.55. The van der Waals surface area contributed by atoms with Gasteiger partial charge in [0.05, 0.1) is 0 Å². The van der Waals surface area contributed by atoms with Gasteiger partial charge in [0.1, 0.15) is 4.21 Å². The lowest BCUT2D eigenvalue weighted by atomic mass is 10.3. The molecule has 1 heterocycles. The molecule has 1 N–H and O–H groups in total. The van der Waals surface area contributed by atoms with Gasteiger partial charge >= 0.3 is 0 Å². The molecule has 1 aromatic rings. The topological polar surface area (TPSA) is 49.4 Å². The van der Waals surface area contributed by atoms with Gasteiger partial charge in [-0.2, -0.15) is 4.31 Å². The lowest BCUT2D eigenvalue weighted by molar-refractivity contribution is 0.343. The lowest BCUT2D eigenvalue weighted by Gasteiger charge is -2.25. The van der Waals surface area contributed by atoms with E-state index < -0.39 is 10.0 Å². The molecule has 0 spiro atoms. The van der Waals surface area contributed by atoms with Gasteiger partial charge in [-0.05, 0) is 44.7 Å². The van der Waals surface area contributed by atoms with Gasteiger partial charge in [0.25, 0.3) is 10.0 Å². The first-order chi connectivity index (χ1) is 9.98. The van der Waals surface area contributed by atoms with Gasteiger partial charge < -0.3 is 5.32 Å². The number of nitrogens with one attached hydrogen (secondary N) is 1. The molecule has 120 valence electrons. The SMILES string of the molecule is CCC(C)N(CC)S(=O)(=O)c1ccc(CCNC2CC2)s1. The van der Waals surface area contributed by atoms with Crippen LogP contribution in [0.25, 0.3) is 0 Å². The second-order valence-electron chi connectivity index (χ2n) is 5.66. The maximum absolute atomic E-state index is 12.7. The largest absolute Gasteiger partial charge is 0.314 e. The number of sulfonamides is 1. The third kappa shape index (κ3) is 4.28. The molecule has 1 unspecified atom stereocenters. The third-order valence-electron chi connectivity index (χ3n) is 3.98. The Morgan fingerprint density at radius 1 is 1.38 bits per heavy atom. The molecule has 1 atom stereocenters. The Morgan fingerprint density at radius 2 is 2.10 bits per heavy atom. The molecule has 0 aromatic carbocycles. The van der Waals surface area contributed by atoms with Gasteiger partial charge in [0.2, 0.25) is 0 Å². The molecule has 4 nitrogen and oxygen atoms in total. The molecule has 0 bridgehead atoms. The molecule has 0 aliphatic heterocycles. The highest BCUT2D eigenvalue weighted by atomic mass is 32.2. The van der Waals surface area contributed by atoms with Crippen molar-refractivity contribution in [1.29, 1.82) is 0 Å². The maximum atomic E-state index is 12.7. The minimum Gasteiger partial charge on any atom is -0.314 e. The highest BCUT2D eigenvalue weighted by Gasteiger charge is 2.28. The highest BCUT2D eigenvalue weighted by Crippen LogP contribution is 2.27. The van der Waals surface area contributed by atoms with Crippen LogP contribution in [0.3, 0.4) is 0 Å². The van der Waals surface area contributed by atoms with Crippen LogP contribution in [0.15, 0.2) is 16.3 Å². The zero-order valence-electron chi connectivity index (χ0n) is 13.1. The third-order valence-corrected chi connectivity index (χ3v) is 7.68. The molecule has 2 rings (SSSR count). The van der Waals surface area contributed by atoms with E-state index in [1.807, 2.05) is 26.8 Å². The first kappa shape index (κ1) is 16.9. The summed E-state index contributed by atoms with van der Waals surface area (Å²) in [6, 6.07) is 4.46. The van der Waals surface area contributed by atoms with E-state index in [4.69, 9.17) is 0 Å². The minimum absolute atomic E-state index is 0.0436. The van der Waals surface area contributed by atoms with Crippen molar-refractivity contribution >= 4 is 21.4 Å². The zero-order chi connectivity index (χ0) is 15.5. The molecular formula is C15H26N2O2S2.